The molecule has 0 aliphatic heterocycles. The Kier molecular flexibility index (Phi) is 3.70. The van der Waals surface area contributed by atoms with Crippen LogP contribution in [0, 0.1) is 0 Å². The van der Waals surface area contributed by atoms with Crippen LogP contribution in [0.2, 0.25) is 0 Å². The van der Waals surface area contributed by atoms with Gasteiger partial charge in [-0.05, 0) is 60.0 Å². The van der Waals surface area contributed by atoms with Crippen LogP contribution in [0.1, 0.15) is 23.6 Å². The zero-order valence-electron chi connectivity index (χ0n) is 12.8. The smallest absolute Gasteiger partial charge is 0.115 e. The van der Waals surface area contributed by atoms with E-state index in [1.54, 1.807) is 36.4 Å². The molecule has 0 amide bonds. The van der Waals surface area contributed by atoms with Gasteiger partial charge >= 0.3 is 0 Å². The zero-order chi connectivity index (χ0) is 16.4. The summed E-state index contributed by atoms with van der Waals surface area (Å²) in [4.78, 5) is 0. The molecule has 3 rings (SSSR count). The molecule has 0 aliphatic carbocycles. The third kappa shape index (κ3) is 2.73. The van der Waals surface area contributed by atoms with Crippen molar-refractivity contribution >= 4 is 0 Å². The summed E-state index contributed by atoms with van der Waals surface area (Å²) in [7, 11) is 0. The molecule has 0 aliphatic rings. The maximum absolute atomic E-state index is 9.88. The second kappa shape index (κ2) is 5.69. The van der Waals surface area contributed by atoms with E-state index in [0.29, 0.717) is 0 Å². The van der Waals surface area contributed by atoms with Crippen molar-refractivity contribution in [2.45, 2.75) is 12.3 Å². The van der Waals surface area contributed by atoms with E-state index in [1.807, 2.05) is 36.4 Å². The SMILES string of the molecule is CC(c1ccc(O)cc1)(c1ccc(O)cc1)c1cccc(O)c1. The summed E-state index contributed by atoms with van der Waals surface area (Å²) in [5.41, 5.74) is 2.35. The second-order valence-electron chi connectivity index (χ2n) is 5.77. The predicted octanol–water partition coefficient (Wildman–Crippen LogP) is 4.16. The van der Waals surface area contributed by atoms with Gasteiger partial charge in [0, 0.05) is 5.41 Å². The van der Waals surface area contributed by atoms with E-state index in [4.69, 9.17) is 0 Å². The maximum atomic E-state index is 9.88. The quantitative estimate of drug-likeness (QED) is 0.637. The van der Waals surface area contributed by atoms with E-state index in [1.165, 1.54) is 0 Å². The summed E-state index contributed by atoms with van der Waals surface area (Å²) >= 11 is 0. The Bertz CT molecular complexity index is 760. The molecular formula is C20H18O3. The van der Waals surface area contributed by atoms with Gasteiger partial charge in [0.2, 0.25) is 0 Å². The molecule has 116 valence electrons. The zero-order valence-corrected chi connectivity index (χ0v) is 12.8. The van der Waals surface area contributed by atoms with Crippen LogP contribution in [0.5, 0.6) is 17.2 Å². The standard InChI is InChI=1S/C20H18O3/c1-20(14-5-9-17(21)10-6-14,15-7-11-18(22)12-8-15)16-3-2-4-19(23)13-16/h2-13,21-23H,1H3. The number of aromatic hydroxyl groups is 3. The molecule has 0 fully saturated rings. The summed E-state index contributed by atoms with van der Waals surface area (Å²) in [6.07, 6.45) is 0. The molecule has 0 aromatic heterocycles. The molecule has 0 saturated carbocycles. The fourth-order valence-electron chi connectivity index (χ4n) is 2.91. The summed E-state index contributed by atoms with van der Waals surface area (Å²) < 4.78 is 0. The first kappa shape index (κ1) is 15.0. The Morgan fingerprint density at radius 2 is 1.04 bits per heavy atom. The van der Waals surface area contributed by atoms with Crippen molar-refractivity contribution < 1.29 is 15.3 Å². The molecule has 0 unspecified atom stereocenters. The van der Waals surface area contributed by atoms with Crippen molar-refractivity contribution in [1.82, 2.24) is 0 Å². The molecule has 3 aromatic rings. The number of benzene rings is 3. The number of phenolic OH excluding ortho intramolecular Hbond substituents is 3. The molecule has 0 radical (unpaired) electrons. The van der Waals surface area contributed by atoms with E-state index in [9.17, 15) is 15.3 Å². The maximum Gasteiger partial charge on any atom is 0.115 e. The van der Waals surface area contributed by atoms with Gasteiger partial charge in [0.05, 0.1) is 0 Å². The summed E-state index contributed by atoms with van der Waals surface area (Å²) in [5.74, 6) is 0.613. The van der Waals surface area contributed by atoms with Gasteiger partial charge in [-0.15, -0.1) is 0 Å². The minimum Gasteiger partial charge on any atom is -0.508 e. The first-order chi connectivity index (χ1) is 11.0. The fourth-order valence-corrected chi connectivity index (χ4v) is 2.91. The lowest BCUT2D eigenvalue weighted by atomic mass is 9.71. The van der Waals surface area contributed by atoms with E-state index < -0.39 is 5.41 Å². The molecule has 3 aromatic carbocycles. The van der Waals surface area contributed by atoms with E-state index in [-0.39, 0.29) is 17.2 Å². The second-order valence-corrected chi connectivity index (χ2v) is 5.77. The topological polar surface area (TPSA) is 60.7 Å². The van der Waals surface area contributed by atoms with Gasteiger partial charge in [-0.2, -0.15) is 0 Å². The minimum atomic E-state index is -0.528. The molecular weight excluding hydrogens is 288 g/mol. The molecule has 3 nitrogen and oxygen atoms in total. The van der Waals surface area contributed by atoms with Crippen LogP contribution in [-0.4, -0.2) is 15.3 Å². The molecule has 0 bridgehead atoms. The molecule has 0 saturated heterocycles. The fraction of sp³-hybridized carbons (Fsp3) is 0.100. The Morgan fingerprint density at radius 1 is 0.565 bits per heavy atom. The van der Waals surface area contributed by atoms with Crippen LogP contribution < -0.4 is 0 Å². The van der Waals surface area contributed by atoms with Crippen molar-refractivity contribution in [3.63, 3.8) is 0 Å². The minimum absolute atomic E-state index is 0.200. The third-order valence-electron chi connectivity index (χ3n) is 4.31. The molecule has 3 heteroatoms. The van der Waals surface area contributed by atoms with Gasteiger partial charge in [0.1, 0.15) is 17.2 Å². The van der Waals surface area contributed by atoms with Crippen molar-refractivity contribution in [2.75, 3.05) is 0 Å². The van der Waals surface area contributed by atoms with Crippen LogP contribution in [0.3, 0.4) is 0 Å². The van der Waals surface area contributed by atoms with Crippen LogP contribution in [0.25, 0.3) is 0 Å². The molecule has 0 spiro atoms. The highest BCUT2D eigenvalue weighted by Crippen LogP contribution is 2.40. The lowest BCUT2D eigenvalue weighted by molar-refractivity contribution is 0.471. The van der Waals surface area contributed by atoms with Crippen LogP contribution in [-0.2, 0) is 5.41 Å². The third-order valence-corrected chi connectivity index (χ3v) is 4.31. The lowest BCUT2D eigenvalue weighted by Gasteiger charge is -2.32. The summed E-state index contributed by atoms with van der Waals surface area (Å²) in [5, 5.41) is 29.0. The first-order valence-corrected chi connectivity index (χ1v) is 7.38. The highest BCUT2D eigenvalue weighted by atomic mass is 16.3. The Labute approximate surface area is 135 Å². The number of hydrogen-bond acceptors (Lipinski definition) is 3. The summed E-state index contributed by atoms with van der Waals surface area (Å²) in [6.45, 7) is 2.06. The Morgan fingerprint density at radius 3 is 1.48 bits per heavy atom. The average molecular weight is 306 g/mol. The molecule has 0 atom stereocenters. The predicted molar refractivity (Wildman–Crippen MR) is 89.9 cm³/mol. The highest BCUT2D eigenvalue weighted by molar-refractivity contribution is 5.52. The van der Waals surface area contributed by atoms with Crippen LogP contribution in [0.15, 0.2) is 72.8 Å². The Balaban J connectivity index is 2.24. The molecule has 23 heavy (non-hydrogen) atoms. The van der Waals surface area contributed by atoms with Crippen molar-refractivity contribution in [3.8, 4) is 17.2 Å². The Hall–Kier alpha value is -2.94. The van der Waals surface area contributed by atoms with Crippen molar-refractivity contribution in [2.24, 2.45) is 0 Å². The van der Waals surface area contributed by atoms with E-state index in [0.717, 1.165) is 16.7 Å². The van der Waals surface area contributed by atoms with Gasteiger partial charge in [0.25, 0.3) is 0 Å². The van der Waals surface area contributed by atoms with Crippen LogP contribution in [0.4, 0.5) is 0 Å². The first-order valence-electron chi connectivity index (χ1n) is 7.38. The number of phenols is 3. The van der Waals surface area contributed by atoms with Crippen molar-refractivity contribution in [3.05, 3.63) is 89.5 Å². The van der Waals surface area contributed by atoms with Gasteiger partial charge in [-0.1, -0.05) is 36.4 Å². The average Bonchev–Trinajstić information content (AvgIpc) is 2.55. The van der Waals surface area contributed by atoms with Gasteiger partial charge in [-0.3, -0.25) is 0 Å². The van der Waals surface area contributed by atoms with E-state index in [2.05, 4.69) is 6.92 Å². The highest BCUT2D eigenvalue weighted by Gasteiger charge is 2.31. The lowest BCUT2D eigenvalue weighted by Crippen LogP contribution is -2.25. The molecule has 3 N–H and O–H groups in total. The number of hydrogen-bond donors (Lipinski definition) is 3. The van der Waals surface area contributed by atoms with Crippen molar-refractivity contribution in [1.29, 1.82) is 0 Å². The summed E-state index contributed by atoms with van der Waals surface area (Å²) in [6, 6.07) is 21.2. The van der Waals surface area contributed by atoms with Gasteiger partial charge in [-0.25, -0.2) is 0 Å². The number of rotatable bonds is 3. The molecule has 0 heterocycles. The van der Waals surface area contributed by atoms with Gasteiger partial charge in [0.15, 0.2) is 0 Å². The van der Waals surface area contributed by atoms with Gasteiger partial charge < -0.3 is 15.3 Å². The largest absolute Gasteiger partial charge is 0.508 e. The van der Waals surface area contributed by atoms with Crippen LogP contribution >= 0.6 is 0 Å². The van der Waals surface area contributed by atoms with E-state index >= 15 is 0 Å². The monoisotopic (exact) mass is 306 g/mol. The normalized spacial score (nSPS) is 11.3.